The van der Waals surface area contributed by atoms with E-state index in [4.69, 9.17) is 29.9 Å². The van der Waals surface area contributed by atoms with Crippen molar-refractivity contribution >= 4 is 47.0 Å². The summed E-state index contributed by atoms with van der Waals surface area (Å²) in [7, 11) is 0. The van der Waals surface area contributed by atoms with Crippen molar-refractivity contribution in [2.75, 3.05) is 0 Å². The average Bonchev–Trinajstić information content (AvgIpc) is 0.798. The van der Waals surface area contributed by atoms with Crippen LogP contribution < -0.4 is 0 Å². The van der Waals surface area contributed by atoms with Crippen molar-refractivity contribution < 1.29 is 105 Å². The molecule has 0 aliphatic carbocycles. The first-order valence-electron chi connectivity index (χ1n) is 38.1. The third-order valence-electron chi connectivity index (χ3n) is 18.0. The van der Waals surface area contributed by atoms with Crippen molar-refractivity contribution in [1.82, 2.24) is 70.2 Å². The second kappa shape index (κ2) is 46.5. The van der Waals surface area contributed by atoms with E-state index in [0.29, 0.717) is 68.2 Å². The molecule has 26 heteroatoms. The number of aromatic hydroxyl groups is 4. The minimum Gasteiger partial charge on any atom is -0.507 e. The number of phenolic OH excluding ortho intramolecular Hbond substituents is 4. The number of rotatable bonds is 19. The normalized spacial score (nSPS) is 10.4. The van der Waals surface area contributed by atoms with Gasteiger partial charge in [0.1, 0.15) is 28.8 Å². The molecule has 0 aliphatic heterocycles. The Bertz CT molecular complexity index is 6550. The molecule has 0 radical (unpaired) electrons. The maximum absolute atomic E-state index is 10.5. The van der Waals surface area contributed by atoms with Crippen molar-refractivity contribution in [3.8, 4) is 147 Å². The Balaban J connectivity index is 0.000000152. The number of aromatic nitrogens is 14. The molecule has 19 aromatic rings. The van der Waals surface area contributed by atoms with E-state index in [9.17, 15) is 20.4 Å². The molecule has 4 N–H and O–H groups in total. The topological polar surface area (TPSA) is 261 Å². The van der Waals surface area contributed by atoms with Crippen LogP contribution in [0.3, 0.4) is 0 Å². The first kappa shape index (κ1) is 92.7. The molecule has 8 heterocycles. The molecule has 11 aromatic carbocycles. The molecule has 8 aromatic heterocycles. The van der Waals surface area contributed by atoms with Gasteiger partial charge < -0.3 is 20.4 Å². The van der Waals surface area contributed by atoms with Gasteiger partial charge in [-0.05, 0) is 120 Å². The number of nitrogens with zero attached hydrogens (tertiary/aromatic N) is 14. The fourth-order valence-corrected chi connectivity index (χ4v) is 15.5. The predicted octanol–water partition coefficient (Wildman–Crippen LogP) is 23.2. The molecule has 0 fully saturated rings. The Labute approximate surface area is 802 Å². The van der Waals surface area contributed by atoms with Crippen LogP contribution in [-0.2, 0) is 84.3 Å². The number of benzene rings is 11. The van der Waals surface area contributed by atoms with E-state index in [-0.39, 0.29) is 107 Å². The smallest absolute Gasteiger partial charge is 0.180 e. The van der Waals surface area contributed by atoms with E-state index in [2.05, 4.69) is 64.6 Å². The summed E-state index contributed by atoms with van der Waals surface area (Å²) in [6.07, 6.45) is 8.84. The average molecular weight is 2440 g/mol. The number of para-hydroxylation sites is 4. The molecule has 0 bridgehead atoms. The van der Waals surface area contributed by atoms with Crippen LogP contribution in [0.1, 0.15) is 0 Å². The summed E-state index contributed by atoms with van der Waals surface area (Å²) in [5.74, 6) is 2.30. The molecule has 19 rings (SSSR count). The fraction of sp³-hybridized carbons (Fsp3) is 0. The summed E-state index contributed by atoms with van der Waals surface area (Å²) < 4.78 is 0. The standard InChI is InChI=1S/3C27H18N3OS.C19H12N5OS.4Pt/c31-24-14-5-4-13-22(24)27-26(19-9-2-1-3-10-19)29-18-23(30-27)20-11-8-12-21(17-20)32-25-15-6-7-16-28-25;31-25-14-5-4-13-22(25)24-18-23(19-9-2-1-3-10-19)29-27(30-24)20-11-8-12-21(17-20)32-26-15-6-7-16-28-26;31-25-14-5-4-13-22(25)27-29-23(19-9-2-1-3-10-19)18-24(30-27)20-11-8-12-21(17-20)32-26-15-6-7-16-28-26;25-16-9-2-1-8-15(16)19-21-18(22-24-23-19)13-6-5-7-14(12-13)26-17-10-3-4-11-20-17;;;;/h3*1-16,18,31H;1-11,25H;;;;/q4*-1;;;;. The fourth-order valence-electron chi connectivity index (χ4n) is 12.3. The quantitative estimate of drug-likeness (QED) is 0.0548. The van der Waals surface area contributed by atoms with Gasteiger partial charge in [-0.15, -0.1) is 124 Å². The summed E-state index contributed by atoms with van der Waals surface area (Å²) in [4.78, 5) is 54.4. The van der Waals surface area contributed by atoms with Gasteiger partial charge in [0.25, 0.3) is 0 Å². The maximum Gasteiger partial charge on any atom is 0.180 e. The van der Waals surface area contributed by atoms with E-state index in [1.165, 1.54) is 23.5 Å². The summed E-state index contributed by atoms with van der Waals surface area (Å²) >= 11 is 6.13. The molecule has 126 heavy (non-hydrogen) atoms. The molecule has 0 unspecified atom stereocenters. The molecule has 0 saturated heterocycles. The van der Waals surface area contributed by atoms with E-state index in [0.717, 1.165) is 95.8 Å². The number of phenols is 4. The molecular weight excluding hydrogens is 2370 g/mol. The zero-order valence-electron chi connectivity index (χ0n) is 65.7. The first-order valence-corrected chi connectivity index (χ1v) is 41.3. The van der Waals surface area contributed by atoms with Crippen molar-refractivity contribution in [2.45, 2.75) is 39.7 Å². The molecule has 0 atom stereocenters. The Morgan fingerprint density at radius 1 is 0.222 bits per heavy atom. The summed E-state index contributed by atoms with van der Waals surface area (Å²) in [6, 6.07) is 122. The predicted molar refractivity (Wildman–Crippen MR) is 479 cm³/mol. The summed E-state index contributed by atoms with van der Waals surface area (Å²) in [6.45, 7) is 0. The van der Waals surface area contributed by atoms with Crippen LogP contribution in [0.4, 0.5) is 0 Å². The number of hydrogen-bond donors (Lipinski definition) is 4. The Hall–Kier alpha value is -12.4. The van der Waals surface area contributed by atoms with Crippen molar-refractivity contribution in [2.24, 2.45) is 0 Å². The Kier molecular flexibility index (Phi) is 34.2. The van der Waals surface area contributed by atoms with Crippen LogP contribution in [0.5, 0.6) is 23.0 Å². The summed E-state index contributed by atoms with van der Waals surface area (Å²) in [5.41, 5.74) is 13.4. The van der Waals surface area contributed by atoms with E-state index < -0.39 is 0 Å². The molecular formula is C100H66N14O4Pt4S4-4. The third kappa shape index (κ3) is 24.8. The van der Waals surface area contributed by atoms with Crippen LogP contribution in [0.15, 0.2) is 416 Å². The van der Waals surface area contributed by atoms with Gasteiger partial charge in [0.2, 0.25) is 0 Å². The van der Waals surface area contributed by atoms with Gasteiger partial charge in [0.15, 0.2) is 11.6 Å². The van der Waals surface area contributed by atoms with Gasteiger partial charge in [-0.2, -0.15) is 5.10 Å². The molecule has 0 amide bonds. The van der Waals surface area contributed by atoms with Gasteiger partial charge in [-0.25, -0.2) is 24.9 Å². The van der Waals surface area contributed by atoms with E-state index >= 15 is 0 Å². The van der Waals surface area contributed by atoms with Gasteiger partial charge in [0, 0.05) is 138 Å². The zero-order chi connectivity index (χ0) is 83.0. The first-order chi connectivity index (χ1) is 60.1. The molecule has 0 saturated carbocycles. The Morgan fingerprint density at radius 3 is 0.992 bits per heavy atom. The second-order valence-electron chi connectivity index (χ2n) is 26.4. The number of pyridine rings is 4. The maximum atomic E-state index is 10.5. The van der Waals surface area contributed by atoms with Crippen molar-refractivity contribution in [3.05, 3.63) is 401 Å². The Morgan fingerprint density at radius 2 is 0.556 bits per heavy atom. The number of hydrogen-bond acceptors (Lipinski definition) is 22. The van der Waals surface area contributed by atoms with Crippen LogP contribution in [0, 0.1) is 24.3 Å². The second-order valence-corrected chi connectivity index (χ2v) is 30.6. The van der Waals surface area contributed by atoms with Gasteiger partial charge in [-0.1, -0.05) is 242 Å². The van der Waals surface area contributed by atoms with Crippen molar-refractivity contribution in [1.29, 1.82) is 0 Å². The molecule has 0 aliphatic rings. The molecule has 18 nitrogen and oxygen atoms in total. The SMILES string of the molecule is Oc1ccccc1-c1cc(-c2ccccc2)nc(-c2[c-]c(Sc3ccccn3)ccc2)n1.Oc1ccccc1-c1nc(-c2[c-]c(Sc3ccccn3)ccc2)cc(-c2ccccc2)n1.Oc1ccccc1-c1nc(-c2[c-]c(Sc3ccccn3)ccc2)cnc1-c1ccccc1.Oc1ccccc1-c1nnnc(-c2[c-]c(Sc3ccccn3)ccc2)n1.[Pt].[Pt].[Pt].[Pt]. The minimum atomic E-state index is 0. The van der Waals surface area contributed by atoms with Crippen LogP contribution in [0.25, 0.3) is 124 Å². The van der Waals surface area contributed by atoms with Crippen LogP contribution in [-0.4, -0.2) is 90.7 Å². The monoisotopic (exact) mass is 2430 g/mol. The van der Waals surface area contributed by atoms with Gasteiger partial charge in [-0.3, -0.25) is 29.9 Å². The van der Waals surface area contributed by atoms with E-state index in [1.807, 2.05) is 285 Å². The van der Waals surface area contributed by atoms with Crippen LogP contribution in [0.2, 0.25) is 0 Å². The van der Waals surface area contributed by atoms with Crippen LogP contribution >= 0.6 is 47.0 Å². The van der Waals surface area contributed by atoms with Crippen molar-refractivity contribution in [3.63, 3.8) is 0 Å². The zero-order valence-corrected chi connectivity index (χ0v) is 78.1. The molecule has 0 spiro atoms. The van der Waals surface area contributed by atoms with E-state index in [1.54, 1.807) is 115 Å². The minimum absolute atomic E-state index is 0. The summed E-state index contributed by atoms with van der Waals surface area (Å²) in [5, 5.41) is 56.6. The van der Waals surface area contributed by atoms with Gasteiger partial charge >= 0.3 is 0 Å². The largest absolute Gasteiger partial charge is 0.507 e. The third-order valence-corrected chi connectivity index (χ3v) is 21.7. The van der Waals surface area contributed by atoms with Gasteiger partial charge in [0.05, 0.1) is 65.5 Å². The molecule has 628 valence electrons.